The number of halogens is 1. The first-order valence-electron chi connectivity index (χ1n) is 7.91. The molecule has 0 fully saturated rings. The van der Waals surface area contributed by atoms with Gasteiger partial charge in [0, 0.05) is 5.56 Å². The van der Waals surface area contributed by atoms with E-state index in [1.54, 1.807) is 30.3 Å². The first-order valence-corrected chi connectivity index (χ1v) is 8.29. The van der Waals surface area contributed by atoms with Gasteiger partial charge in [-0.05, 0) is 26.0 Å². The van der Waals surface area contributed by atoms with Gasteiger partial charge < -0.3 is 14.2 Å². The Balaban J connectivity index is 2.12. The van der Waals surface area contributed by atoms with Crippen LogP contribution in [0.5, 0.6) is 11.5 Å². The van der Waals surface area contributed by atoms with Crippen LogP contribution >= 0.6 is 11.6 Å². The molecule has 0 atom stereocenters. The molecule has 0 amide bonds. The van der Waals surface area contributed by atoms with Gasteiger partial charge in [0.2, 0.25) is 0 Å². The SMILES string of the molecule is CCOc1cc(C(=O)OCC(=O)c2ccccc2)cc(Cl)c1OCC. The minimum atomic E-state index is -0.657. The number of benzene rings is 2. The van der Waals surface area contributed by atoms with E-state index in [0.29, 0.717) is 30.3 Å². The molecule has 0 bridgehead atoms. The van der Waals surface area contributed by atoms with E-state index < -0.39 is 5.97 Å². The molecular weight excluding hydrogens is 344 g/mol. The first-order chi connectivity index (χ1) is 12.1. The lowest BCUT2D eigenvalue weighted by atomic mass is 10.1. The Morgan fingerprint density at radius 2 is 1.64 bits per heavy atom. The molecule has 0 aliphatic heterocycles. The van der Waals surface area contributed by atoms with Gasteiger partial charge >= 0.3 is 5.97 Å². The molecule has 2 aromatic rings. The molecule has 5 nitrogen and oxygen atoms in total. The average molecular weight is 363 g/mol. The molecule has 2 rings (SSSR count). The van der Waals surface area contributed by atoms with E-state index in [9.17, 15) is 9.59 Å². The van der Waals surface area contributed by atoms with Crippen LogP contribution in [0.4, 0.5) is 0 Å². The molecule has 0 radical (unpaired) electrons. The van der Waals surface area contributed by atoms with Crippen LogP contribution < -0.4 is 9.47 Å². The van der Waals surface area contributed by atoms with Crippen LogP contribution in [0.1, 0.15) is 34.6 Å². The number of ketones is 1. The predicted octanol–water partition coefficient (Wildman–Crippen LogP) is 4.18. The third-order valence-corrected chi connectivity index (χ3v) is 3.54. The quantitative estimate of drug-likeness (QED) is 0.520. The molecule has 0 unspecified atom stereocenters. The molecule has 6 heteroatoms. The highest BCUT2D eigenvalue weighted by Crippen LogP contribution is 2.36. The summed E-state index contributed by atoms with van der Waals surface area (Å²) in [5, 5.41) is 0.245. The highest BCUT2D eigenvalue weighted by Gasteiger charge is 2.18. The molecule has 132 valence electrons. The number of esters is 1. The van der Waals surface area contributed by atoms with E-state index in [0.717, 1.165) is 0 Å². The lowest BCUT2D eigenvalue weighted by molar-refractivity contribution is 0.0474. The molecule has 0 aliphatic rings. The van der Waals surface area contributed by atoms with E-state index in [4.69, 9.17) is 25.8 Å². The zero-order valence-electron chi connectivity index (χ0n) is 14.1. The topological polar surface area (TPSA) is 61.8 Å². The van der Waals surface area contributed by atoms with E-state index in [1.807, 2.05) is 13.8 Å². The second-order valence-electron chi connectivity index (χ2n) is 5.02. The zero-order chi connectivity index (χ0) is 18.2. The lowest BCUT2D eigenvalue weighted by Gasteiger charge is -2.14. The summed E-state index contributed by atoms with van der Waals surface area (Å²) in [5.41, 5.74) is 0.674. The number of hydrogen-bond acceptors (Lipinski definition) is 5. The molecule has 0 saturated heterocycles. The van der Waals surface area contributed by atoms with Crippen LogP contribution in [-0.4, -0.2) is 31.6 Å². The Labute approximate surface area is 151 Å². The van der Waals surface area contributed by atoms with Crippen LogP contribution in [0.3, 0.4) is 0 Å². The molecule has 0 heterocycles. The Hall–Kier alpha value is -2.53. The second kappa shape index (κ2) is 9.08. The zero-order valence-corrected chi connectivity index (χ0v) is 14.8. The van der Waals surface area contributed by atoms with Crippen LogP contribution in [-0.2, 0) is 4.74 Å². The smallest absolute Gasteiger partial charge is 0.338 e. The highest BCUT2D eigenvalue weighted by atomic mass is 35.5. The van der Waals surface area contributed by atoms with Crippen LogP contribution in [0, 0.1) is 0 Å². The van der Waals surface area contributed by atoms with Crippen LogP contribution in [0.2, 0.25) is 5.02 Å². The van der Waals surface area contributed by atoms with Crippen molar-refractivity contribution >= 4 is 23.4 Å². The van der Waals surface area contributed by atoms with Crippen molar-refractivity contribution in [2.75, 3.05) is 19.8 Å². The molecule has 0 aliphatic carbocycles. The number of carbonyl (C=O) groups is 2. The fourth-order valence-corrected chi connectivity index (χ4v) is 2.42. The van der Waals surface area contributed by atoms with Gasteiger partial charge in [0.25, 0.3) is 0 Å². The first kappa shape index (κ1) is 18.8. The largest absolute Gasteiger partial charge is 0.490 e. The van der Waals surface area contributed by atoms with Gasteiger partial charge in [-0.25, -0.2) is 4.79 Å². The van der Waals surface area contributed by atoms with E-state index in [2.05, 4.69) is 0 Å². The van der Waals surface area contributed by atoms with E-state index in [-0.39, 0.29) is 23.0 Å². The van der Waals surface area contributed by atoms with E-state index in [1.165, 1.54) is 12.1 Å². The summed E-state index contributed by atoms with van der Waals surface area (Å²) in [5.74, 6) is -0.202. The Morgan fingerprint density at radius 3 is 2.28 bits per heavy atom. The van der Waals surface area contributed by atoms with Crippen molar-refractivity contribution in [1.29, 1.82) is 0 Å². The van der Waals surface area contributed by atoms with Crippen molar-refractivity contribution in [2.45, 2.75) is 13.8 Å². The van der Waals surface area contributed by atoms with Gasteiger partial charge in [0.1, 0.15) is 0 Å². The number of ether oxygens (including phenoxy) is 3. The van der Waals surface area contributed by atoms with Gasteiger partial charge in [-0.15, -0.1) is 0 Å². The predicted molar refractivity (Wildman–Crippen MR) is 94.8 cm³/mol. The maximum atomic E-state index is 12.2. The maximum absolute atomic E-state index is 12.2. The summed E-state index contributed by atoms with van der Waals surface area (Å²) in [6.45, 7) is 4.09. The van der Waals surface area contributed by atoms with Gasteiger partial charge in [0.15, 0.2) is 23.9 Å². The fraction of sp³-hybridized carbons (Fsp3) is 0.263. The summed E-state index contributed by atoms with van der Waals surface area (Å²) >= 11 is 6.17. The summed E-state index contributed by atoms with van der Waals surface area (Å²) < 4.78 is 16.0. The van der Waals surface area contributed by atoms with Crippen molar-refractivity contribution < 1.29 is 23.8 Å². The Kier molecular flexibility index (Phi) is 6.83. The lowest BCUT2D eigenvalue weighted by Crippen LogP contribution is -2.14. The molecule has 0 saturated carbocycles. The molecule has 0 spiro atoms. The summed E-state index contributed by atoms with van der Waals surface area (Å²) in [6, 6.07) is 11.6. The minimum absolute atomic E-state index is 0.192. The molecule has 0 N–H and O–H groups in total. The monoisotopic (exact) mass is 362 g/mol. The normalized spacial score (nSPS) is 10.2. The van der Waals surface area contributed by atoms with Crippen LogP contribution in [0.15, 0.2) is 42.5 Å². The summed E-state index contributed by atoms with van der Waals surface area (Å²) in [4.78, 5) is 24.2. The number of rotatable bonds is 8. The van der Waals surface area contributed by atoms with E-state index >= 15 is 0 Å². The Morgan fingerprint density at radius 1 is 0.960 bits per heavy atom. The van der Waals surface area contributed by atoms with Crippen LogP contribution in [0.25, 0.3) is 0 Å². The van der Waals surface area contributed by atoms with Gasteiger partial charge in [-0.3, -0.25) is 4.79 Å². The molecular formula is C19H19ClO5. The number of carbonyl (C=O) groups excluding carboxylic acids is 2. The number of hydrogen-bond donors (Lipinski definition) is 0. The second-order valence-corrected chi connectivity index (χ2v) is 5.42. The Bertz CT molecular complexity index is 743. The third-order valence-electron chi connectivity index (χ3n) is 3.26. The highest BCUT2D eigenvalue weighted by molar-refractivity contribution is 6.32. The average Bonchev–Trinajstić information content (AvgIpc) is 2.63. The third kappa shape index (κ3) is 4.97. The minimum Gasteiger partial charge on any atom is -0.490 e. The maximum Gasteiger partial charge on any atom is 0.338 e. The fourth-order valence-electron chi connectivity index (χ4n) is 2.15. The van der Waals surface area contributed by atoms with Crippen molar-refractivity contribution in [2.24, 2.45) is 0 Å². The van der Waals surface area contributed by atoms with Gasteiger partial charge in [-0.1, -0.05) is 41.9 Å². The molecule has 2 aromatic carbocycles. The standard InChI is InChI=1S/C19H19ClO5/c1-3-23-17-11-14(10-15(20)18(17)24-4-2)19(22)25-12-16(21)13-8-6-5-7-9-13/h5-11H,3-4,12H2,1-2H3. The van der Waals surface area contributed by atoms with Crippen molar-refractivity contribution in [3.05, 3.63) is 58.6 Å². The molecule has 25 heavy (non-hydrogen) atoms. The molecule has 0 aromatic heterocycles. The van der Waals surface area contributed by atoms with Crippen molar-refractivity contribution in [3.8, 4) is 11.5 Å². The summed E-state index contributed by atoms with van der Waals surface area (Å²) in [7, 11) is 0. The van der Waals surface area contributed by atoms with Crippen molar-refractivity contribution in [1.82, 2.24) is 0 Å². The summed E-state index contributed by atoms with van der Waals surface area (Å²) in [6.07, 6.45) is 0. The van der Waals surface area contributed by atoms with Gasteiger partial charge in [0.05, 0.1) is 23.8 Å². The van der Waals surface area contributed by atoms with Gasteiger partial charge in [-0.2, -0.15) is 0 Å². The van der Waals surface area contributed by atoms with Crippen molar-refractivity contribution in [3.63, 3.8) is 0 Å². The number of Topliss-reactive ketones (excluding diaryl/α,β-unsaturated/α-hetero) is 1.